The van der Waals surface area contributed by atoms with E-state index < -0.39 is 11.9 Å². The van der Waals surface area contributed by atoms with Crippen LogP contribution in [0.2, 0.25) is 0 Å². The van der Waals surface area contributed by atoms with Crippen LogP contribution in [0.25, 0.3) is 0 Å². The maximum absolute atomic E-state index is 10.7. The van der Waals surface area contributed by atoms with Crippen molar-refractivity contribution in [2.24, 2.45) is 0 Å². The van der Waals surface area contributed by atoms with Crippen molar-refractivity contribution < 1.29 is 24.9 Å². The smallest absolute Gasteiger partial charge is 0.317 e. The summed E-state index contributed by atoms with van der Waals surface area (Å²) >= 11 is 0. The van der Waals surface area contributed by atoms with Crippen molar-refractivity contribution in [2.45, 2.75) is 19.4 Å². The molecule has 19 heavy (non-hydrogen) atoms. The normalized spacial score (nSPS) is 12.3. The first-order valence-corrected chi connectivity index (χ1v) is 5.84. The molecule has 0 aliphatic rings. The molecule has 0 bridgehead atoms. The van der Waals surface area contributed by atoms with Crippen molar-refractivity contribution in [1.82, 2.24) is 4.90 Å². The average molecular weight is 267 g/mol. The van der Waals surface area contributed by atoms with Gasteiger partial charge in [-0.25, -0.2) is 0 Å². The molecular formula is C13H17NO5. The number of hydrogen-bond acceptors (Lipinski definition) is 4. The molecular weight excluding hydrogens is 250 g/mol. The van der Waals surface area contributed by atoms with Crippen molar-refractivity contribution in [3.05, 3.63) is 29.8 Å². The first-order valence-electron chi connectivity index (χ1n) is 5.84. The van der Waals surface area contributed by atoms with Crippen molar-refractivity contribution in [1.29, 1.82) is 0 Å². The summed E-state index contributed by atoms with van der Waals surface area (Å²) in [5, 5.41) is 26.7. The standard InChI is InChI=1S/C13H17NO5/c1-9(6-10-2-4-11(15)5-3-10)14(7-12(16)17)8-13(18)19/h2-5,9,15H,6-8H2,1H3,(H,16,17)(H,18,19). The Balaban J connectivity index is 2.69. The van der Waals surface area contributed by atoms with E-state index in [2.05, 4.69) is 0 Å². The molecule has 1 aromatic carbocycles. The van der Waals surface area contributed by atoms with E-state index >= 15 is 0 Å². The van der Waals surface area contributed by atoms with Gasteiger partial charge in [-0.05, 0) is 31.0 Å². The van der Waals surface area contributed by atoms with Crippen LogP contribution in [0.4, 0.5) is 0 Å². The third kappa shape index (κ3) is 5.39. The van der Waals surface area contributed by atoms with Crippen LogP contribution in [0.15, 0.2) is 24.3 Å². The third-order valence-electron chi connectivity index (χ3n) is 2.77. The number of phenolic OH excluding ortho intramolecular Hbond substituents is 1. The summed E-state index contributed by atoms with van der Waals surface area (Å²) in [5.41, 5.74) is 0.908. The van der Waals surface area contributed by atoms with Gasteiger partial charge in [0.1, 0.15) is 5.75 Å². The van der Waals surface area contributed by atoms with E-state index in [1.807, 2.05) is 0 Å². The molecule has 1 rings (SSSR count). The lowest BCUT2D eigenvalue weighted by molar-refractivity contribution is -0.142. The highest BCUT2D eigenvalue weighted by Gasteiger charge is 2.19. The number of benzene rings is 1. The van der Waals surface area contributed by atoms with E-state index in [0.29, 0.717) is 6.42 Å². The van der Waals surface area contributed by atoms with Gasteiger partial charge >= 0.3 is 11.9 Å². The van der Waals surface area contributed by atoms with Crippen LogP contribution >= 0.6 is 0 Å². The lowest BCUT2D eigenvalue weighted by Gasteiger charge is -2.25. The summed E-state index contributed by atoms with van der Waals surface area (Å²) in [6, 6.07) is 6.32. The zero-order chi connectivity index (χ0) is 14.4. The van der Waals surface area contributed by atoms with Crippen molar-refractivity contribution in [3.8, 4) is 5.75 Å². The third-order valence-corrected chi connectivity index (χ3v) is 2.77. The number of carboxylic acids is 2. The van der Waals surface area contributed by atoms with Crippen LogP contribution in [0.3, 0.4) is 0 Å². The summed E-state index contributed by atoms with van der Waals surface area (Å²) in [6.07, 6.45) is 0.515. The second-order valence-corrected chi connectivity index (χ2v) is 4.41. The fourth-order valence-corrected chi connectivity index (χ4v) is 1.82. The molecule has 0 aliphatic heterocycles. The number of phenols is 1. The number of aliphatic carboxylic acids is 2. The number of carboxylic acid groups (broad SMARTS) is 2. The highest BCUT2D eigenvalue weighted by atomic mass is 16.4. The summed E-state index contributed by atoms with van der Waals surface area (Å²) in [4.78, 5) is 22.8. The Kier molecular flexibility index (Phi) is 5.32. The Labute approximate surface area is 110 Å². The number of nitrogens with zero attached hydrogens (tertiary/aromatic N) is 1. The molecule has 0 radical (unpaired) electrons. The van der Waals surface area contributed by atoms with E-state index in [1.54, 1.807) is 31.2 Å². The lowest BCUT2D eigenvalue weighted by atomic mass is 10.1. The molecule has 0 aromatic heterocycles. The molecule has 0 amide bonds. The fourth-order valence-electron chi connectivity index (χ4n) is 1.82. The Hall–Kier alpha value is -2.08. The van der Waals surface area contributed by atoms with Crippen LogP contribution in [-0.4, -0.2) is 51.3 Å². The first-order chi connectivity index (χ1) is 8.88. The van der Waals surface area contributed by atoms with Crippen molar-refractivity contribution in [2.75, 3.05) is 13.1 Å². The molecule has 1 unspecified atom stereocenters. The van der Waals surface area contributed by atoms with Gasteiger partial charge in [0.25, 0.3) is 0 Å². The molecule has 0 heterocycles. The van der Waals surface area contributed by atoms with Crippen LogP contribution < -0.4 is 0 Å². The second-order valence-electron chi connectivity index (χ2n) is 4.41. The zero-order valence-corrected chi connectivity index (χ0v) is 10.6. The number of aromatic hydroxyl groups is 1. The molecule has 0 fully saturated rings. The van der Waals surface area contributed by atoms with Crippen LogP contribution in [0, 0.1) is 0 Å². The summed E-state index contributed by atoms with van der Waals surface area (Å²) in [6.45, 7) is 1.15. The Morgan fingerprint density at radius 2 is 1.58 bits per heavy atom. The van der Waals surface area contributed by atoms with Gasteiger partial charge in [0.15, 0.2) is 0 Å². The van der Waals surface area contributed by atoms with E-state index in [-0.39, 0.29) is 24.9 Å². The largest absolute Gasteiger partial charge is 0.508 e. The van der Waals surface area contributed by atoms with Crippen LogP contribution in [0.5, 0.6) is 5.75 Å². The molecule has 6 heteroatoms. The molecule has 3 N–H and O–H groups in total. The van der Waals surface area contributed by atoms with Gasteiger partial charge in [0.05, 0.1) is 13.1 Å². The number of carbonyl (C=O) groups is 2. The molecule has 1 atom stereocenters. The van der Waals surface area contributed by atoms with E-state index in [1.165, 1.54) is 4.90 Å². The first kappa shape index (κ1) is 15.0. The molecule has 6 nitrogen and oxygen atoms in total. The number of rotatable bonds is 7. The van der Waals surface area contributed by atoms with Gasteiger partial charge in [-0.1, -0.05) is 12.1 Å². The minimum Gasteiger partial charge on any atom is -0.508 e. The quantitative estimate of drug-likeness (QED) is 0.675. The topological polar surface area (TPSA) is 98.1 Å². The Morgan fingerprint density at radius 3 is 2.00 bits per heavy atom. The second kappa shape index (κ2) is 6.75. The average Bonchev–Trinajstić information content (AvgIpc) is 2.30. The predicted octanol–water partition coefficient (Wildman–Crippen LogP) is 0.794. The van der Waals surface area contributed by atoms with Gasteiger partial charge in [0.2, 0.25) is 0 Å². The van der Waals surface area contributed by atoms with Crippen molar-refractivity contribution in [3.63, 3.8) is 0 Å². The maximum Gasteiger partial charge on any atom is 0.317 e. The highest BCUT2D eigenvalue weighted by Crippen LogP contribution is 2.13. The van der Waals surface area contributed by atoms with Crippen LogP contribution in [0.1, 0.15) is 12.5 Å². The molecule has 104 valence electrons. The molecule has 0 aliphatic carbocycles. The predicted molar refractivity (Wildman–Crippen MR) is 68.1 cm³/mol. The Bertz CT molecular complexity index is 427. The maximum atomic E-state index is 10.7. The van der Waals surface area contributed by atoms with Crippen LogP contribution in [-0.2, 0) is 16.0 Å². The van der Waals surface area contributed by atoms with Gasteiger partial charge in [-0.15, -0.1) is 0 Å². The number of hydrogen-bond donors (Lipinski definition) is 3. The van der Waals surface area contributed by atoms with Gasteiger partial charge in [-0.2, -0.15) is 0 Å². The monoisotopic (exact) mass is 267 g/mol. The highest BCUT2D eigenvalue weighted by molar-refractivity contribution is 5.72. The lowest BCUT2D eigenvalue weighted by Crippen LogP contribution is -2.41. The molecule has 0 saturated heterocycles. The molecule has 1 aromatic rings. The van der Waals surface area contributed by atoms with E-state index in [9.17, 15) is 14.7 Å². The van der Waals surface area contributed by atoms with Gasteiger partial charge in [-0.3, -0.25) is 14.5 Å². The summed E-state index contributed by atoms with van der Waals surface area (Å²) in [7, 11) is 0. The summed E-state index contributed by atoms with van der Waals surface area (Å²) in [5.74, 6) is -1.96. The van der Waals surface area contributed by atoms with Gasteiger partial charge in [0, 0.05) is 6.04 Å². The Morgan fingerprint density at radius 1 is 1.11 bits per heavy atom. The minimum atomic E-state index is -1.06. The molecule has 0 saturated carbocycles. The molecule has 0 spiro atoms. The van der Waals surface area contributed by atoms with E-state index in [4.69, 9.17) is 10.2 Å². The van der Waals surface area contributed by atoms with Gasteiger partial charge < -0.3 is 15.3 Å². The van der Waals surface area contributed by atoms with E-state index in [0.717, 1.165) is 5.56 Å². The SMILES string of the molecule is CC(Cc1ccc(O)cc1)N(CC(=O)O)CC(=O)O. The fraction of sp³-hybridized carbons (Fsp3) is 0.385. The summed E-state index contributed by atoms with van der Waals surface area (Å²) < 4.78 is 0. The van der Waals surface area contributed by atoms with Crippen molar-refractivity contribution >= 4 is 11.9 Å². The zero-order valence-electron chi connectivity index (χ0n) is 10.6. The minimum absolute atomic E-state index is 0.157.